The molecule has 1 N–H and O–H groups in total. The van der Waals surface area contributed by atoms with Crippen molar-refractivity contribution in [3.8, 4) is 0 Å². The summed E-state index contributed by atoms with van der Waals surface area (Å²) < 4.78 is 27.7. The van der Waals surface area contributed by atoms with Gasteiger partial charge in [-0.1, -0.05) is 111 Å². The van der Waals surface area contributed by atoms with Crippen LogP contribution in [-0.2, 0) is 47.7 Å². The number of allylic oxidation sites excluding steroid dienone is 1. The first-order chi connectivity index (χ1) is 27.0. The van der Waals surface area contributed by atoms with Crippen molar-refractivity contribution in [2.75, 3.05) is 67.6 Å². The highest BCUT2D eigenvalue weighted by molar-refractivity contribution is 5.72. The number of aliphatic hydroxyl groups excluding tert-OH is 1. The fourth-order valence-electron chi connectivity index (χ4n) is 6.23. The number of unbranched alkanes of at least 4 members (excludes halogenated alkanes) is 13. The quantitative estimate of drug-likeness (QED) is 0.0247. The molecule has 13 nitrogen and oxygen atoms in total. The molecule has 0 saturated carbocycles. The molecule has 0 spiro atoms. The molecule has 0 bridgehead atoms. The molecule has 15 heteroatoms. The topological polar surface area (TPSA) is 152 Å². The highest BCUT2D eigenvalue weighted by Gasteiger charge is 2.28. The molecule has 0 saturated heterocycles. The van der Waals surface area contributed by atoms with E-state index < -0.39 is 24.5 Å². The maximum atomic E-state index is 12.8. The smallest absolute Gasteiger partial charge is 0.364 e. The zero-order chi connectivity index (χ0) is 43.0. The molecule has 0 aromatic heterocycles. The minimum Gasteiger partial charge on any atom is -1.00 e. The van der Waals surface area contributed by atoms with Gasteiger partial charge in [0.1, 0.15) is 32.4 Å². The van der Waals surface area contributed by atoms with Crippen molar-refractivity contribution in [3.63, 3.8) is 0 Å². The average Bonchev–Trinajstić information content (AvgIpc) is 3.10. The number of quaternary nitrogens is 2. The predicted molar refractivity (Wildman–Crippen MR) is 235 cm³/mol. The van der Waals surface area contributed by atoms with Crippen LogP contribution in [0, 0.1) is 0 Å². The van der Waals surface area contributed by atoms with E-state index in [1.54, 1.807) is 0 Å². The van der Waals surface area contributed by atoms with E-state index in [1.807, 2.05) is 34.3 Å². The zero-order valence-electron chi connectivity index (χ0n) is 38.0. The molecule has 0 aromatic rings. The van der Waals surface area contributed by atoms with E-state index in [9.17, 15) is 29.1 Å². The first kappa shape index (κ1) is 67.6. The van der Waals surface area contributed by atoms with Crippen LogP contribution in [-0.4, -0.2) is 130 Å². The summed E-state index contributed by atoms with van der Waals surface area (Å²) in [5.74, 6) is -1.91. The summed E-state index contributed by atoms with van der Waals surface area (Å²) in [5.41, 5.74) is 0. The van der Waals surface area contributed by atoms with Crippen LogP contribution in [0.3, 0.4) is 0 Å². The molecule has 61 heavy (non-hydrogen) atoms. The number of likely N-dealkylation sites (N-methyl/N-ethyl adjacent to an activating group) is 2. The number of nitrogens with zero attached hydrogens (tertiary/aromatic N) is 2. The van der Waals surface area contributed by atoms with Crippen LogP contribution < -0.4 is 24.8 Å². The molecule has 0 heterocycles. The Labute approximate surface area is 384 Å². The van der Waals surface area contributed by atoms with Gasteiger partial charge in [0.25, 0.3) is 0 Å². The monoisotopic (exact) mass is 917 g/mol. The standard InChI is InChI=1S/C44H82N2O11.2CH4.2ClH/c1-9-11-13-14-17-22-26-30-44(57-43(52)36-46(7,8)32-34-54-38(4)48)56-41(50)29-25-21-19-16-15-18-20-24-27-39(49)40(28-23-12-10-2)55-42(51)35-45(5,6)31-33-53-37(3)47;;;;/h20,24,39-40,44,49H,9-19,21-23,25-36H2,1-8H3;2*1H4;2*1H/q+2;;;;/p-2. The number of hydrogen-bond donors (Lipinski definition) is 1. The molecule has 0 aliphatic rings. The molecule has 0 fully saturated rings. The second kappa shape index (κ2) is 41.6. The summed E-state index contributed by atoms with van der Waals surface area (Å²) in [7, 11) is 7.47. The number of hydrogen-bond acceptors (Lipinski definition) is 11. The first-order valence-corrected chi connectivity index (χ1v) is 21.8. The van der Waals surface area contributed by atoms with Crippen LogP contribution >= 0.6 is 0 Å². The van der Waals surface area contributed by atoms with Crippen molar-refractivity contribution in [3.05, 3.63) is 12.2 Å². The van der Waals surface area contributed by atoms with Gasteiger partial charge in [0.05, 0.1) is 34.3 Å². The molecule has 0 aromatic carbocycles. The second-order valence-corrected chi connectivity index (χ2v) is 16.7. The highest BCUT2D eigenvalue weighted by Crippen LogP contribution is 2.17. The Morgan fingerprint density at radius 1 is 0.557 bits per heavy atom. The Hall–Kier alpha value is -2.45. The number of rotatable bonds is 36. The largest absolute Gasteiger partial charge is 1.00 e. The highest BCUT2D eigenvalue weighted by atomic mass is 35.5. The van der Waals surface area contributed by atoms with Crippen LogP contribution in [0.25, 0.3) is 0 Å². The van der Waals surface area contributed by atoms with E-state index >= 15 is 0 Å². The van der Waals surface area contributed by atoms with E-state index in [0.29, 0.717) is 43.3 Å². The number of carbonyl (C=O) groups is 5. The van der Waals surface area contributed by atoms with E-state index in [0.717, 1.165) is 70.6 Å². The third-order valence-electron chi connectivity index (χ3n) is 9.79. The second-order valence-electron chi connectivity index (χ2n) is 16.7. The van der Waals surface area contributed by atoms with Crippen LogP contribution in [0.4, 0.5) is 0 Å². The number of esters is 5. The summed E-state index contributed by atoms with van der Waals surface area (Å²) in [6.07, 6.45) is 19.5. The SMILES string of the molecule is C.C.CCCCCCCCCC(OC(=O)CCCCCCCC=CCC(O)C(CCCCC)OC(=O)C[N+](C)(C)CCOC(C)=O)OC(=O)C[N+](C)(C)CCOC(C)=O.[Cl-].[Cl-]. The van der Waals surface area contributed by atoms with Gasteiger partial charge in [-0.2, -0.15) is 0 Å². The zero-order valence-corrected chi connectivity index (χ0v) is 39.5. The Kier molecular flexibility index (Phi) is 46.1. The summed E-state index contributed by atoms with van der Waals surface area (Å²) in [6, 6.07) is 0. The summed E-state index contributed by atoms with van der Waals surface area (Å²) >= 11 is 0. The normalized spacial score (nSPS) is 12.6. The van der Waals surface area contributed by atoms with Crippen LogP contribution in [0.1, 0.15) is 171 Å². The van der Waals surface area contributed by atoms with Gasteiger partial charge >= 0.3 is 29.8 Å². The fraction of sp³-hybridized carbons (Fsp3) is 0.848. The third kappa shape index (κ3) is 42.6. The Morgan fingerprint density at radius 2 is 0.984 bits per heavy atom. The molecule has 3 atom stereocenters. The van der Waals surface area contributed by atoms with Gasteiger partial charge in [-0.3, -0.25) is 14.4 Å². The predicted octanol–water partition coefficient (Wildman–Crippen LogP) is 2.63. The Bertz CT molecular complexity index is 1150. The number of carbonyl (C=O) groups excluding carboxylic acids is 5. The Morgan fingerprint density at radius 3 is 1.51 bits per heavy atom. The van der Waals surface area contributed by atoms with Crippen LogP contribution in [0.5, 0.6) is 0 Å². The molecule has 0 rings (SSSR count). The molecular weight excluding hydrogens is 827 g/mol. The maximum absolute atomic E-state index is 12.8. The molecule has 0 aliphatic heterocycles. The van der Waals surface area contributed by atoms with Crippen molar-refractivity contribution < 1.29 is 86.5 Å². The van der Waals surface area contributed by atoms with E-state index in [-0.39, 0.29) is 101 Å². The summed E-state index contributed by atoms with van der Waals surface area (Å²) in [5, 5.41) is 10.9. The summed E-state index contributed by atoms with van der Waals surface area (Å²) in [4.78, 5) is 60.6. The van der Waals surface area contributed by atoms with Gasteiger partial charge in [0, 0.05) is 26.7 Å². The lowest BCUT2D eigenvalue weighted by molar-refractivity contribution is -0.883. The number of ether oxygens (including phenoxy) is 5. The van der Waals surface area contributed by atoms with Crippen molar-refractivity contribution in [1.82, 2.24) is 0 Å². The minimum absolute atomic E-state index is 0. The third-order valence-corrected chi connectivity index (χ3v) is 9.79. The number of aliphatic hydroxyl groups is 1. The van der Waals surface area contributed by atoms with Gasteiger partial charge in [0.15, 0.2) is 13.1 Å². The van der Waals surface area contributed by atoms with Crippen molar-refractivity contribution in [1.29, 1.82) is 0 Å². The van der Waals surface area contributed by atoms with Crippen LogP contribution in [0.2, 0.25) is 0 Å². The van der Waals surface area contributed by atoms with Gasteiger partial charge in [-0.05, 0) is 44.9 Å². The van der Waals surface area contributed by atoms with Crippen LogP contribution in [0.15, 0.2) is 12.2 Å². The molecule has 0 amide bonds. The molecule has 0 radical (unpaired) electrons. The van der Waals surface area contributed by atoms with E-state index in [4.69, 9.17) is 23.7 Å². The van der Waals surface area contributed by atoms with E-state index in [2.05, 4.69) is 19.9 Å². The van der Waals surface area contributed by atoms with Crippen molar-refractivity contribution >= 4 is 29.8 Å². The molecular formula is C46H90Cl2N2O11. The maximum Gasteiger partial charge on any atom is 0.364 e. The van der Waals surface area contributed by atoms with Crippen molar-refractivity contribution in [2.24, 2.45) is 0 Å². The van der Waals surface area contributed by atoms with Gasteiger partial charge < -0.3 is 62.6 Å². The number of halogens is 2. The Balaban J connectivity index is -0.00000261. The van der Waals surface area contributed by atoms with E-state index in [1.165, 1.54) is 39.5 Å². The van der Waals surface area contributed by atoms with Crippen molar-refractivity contribution in [2.45, 2.75) is 189 Å². The fourth-order valence-corrected chi connectivity index (χ4v) is 6.23. The lowest BCUT2D eigenvalue weighted by Gasteiger charge is -2.30. The lowest BCUT2D eigenvalue weighted by atomic mass is 10.0. The van der Waals surface area contributed by atoms with Gasteiger partial charge in [0.2, 0.25) is 6.29 Å². The first-order valence-electron chi connectivity index (χ1n) is 21.8. The molecule has 364 valence electrons. The summed E-state index contributed by atoms with van der Waals surface area (Å²) in [6.45, 7) is 8.55. The average molecular weight is 918 g/mol. The minimum atomic E-state index is -0.908. The molecule has 3 unspecified atom stereocenters. The lowest BCUT2D eigenvalue weighted by Crippen LogP contribution is -3.00. The van der Waals surface area contributed by atoms with Gasteiger partial charge in [-0.15, -0.1) is 0 Å². The van der Waals surface area contributed by atoms with Gasteiger partial charge in [-0.25, -0.2) is 9.59 Å². The molecule has 0 aliphatic carbocycles.